The van der Waals surface area contributed by atoms with Gasteiger partial charge in [-0.05, 0) is 31.8 Å². The van der Waals surface area contributed by atoms with Gasteiger partial charge in [-0.15, -0.1) is 0 Å². The molecule has 2 fully saturated rings. The zero-order valence-corrected chi connectivity index (χ0v) is 18.1. The molecule has 1 saturated heterocycles. The maximum atomic E-state index is 10.5. The maximum absolute atomic E-state index is 10.5. The van der Waals surface area contributed by atoms with Crippen LogP contribution in [0.15, 0.2) is 24.0 Å². The standard InChI is InChI=1S/C20H32O5.Na/c1-2-3-4-5-6-7-10-15-16-12-14(25-19(16)13-18(15)22)9-8-11-17(21)20(23)24;/h7,9-10,15-19,21-22H,2-6,8,11-13H2,1H3,(H,23,24);/q;+1/p-1. The molecule has 2 N–H and O–H groups in total. The van der Waals surface area contributed by atoms with Crippen LogP contribution in [0.2, 0.25) is 0 Å². The molecule has 5 atom stereocenters. The van der Waals surface area contributed by atoms with Crippen LogP contribution in [-0.2, 0) is 9.53 Å². The second-order valence-electron chi connectivity index (χ2n) is 7.26. The zero-order valence-electron chi connectivity index (χ0n) is 16.1. The second-order valence-corrected chi connectivity index (χ2v) is 7.26. The first-order valence-electron chi connectivity index (χ1n) is 9.62. The molecule has 5 nitrogen and oxygen atoms in total. The van der Waals surface area contributed by atoms with E-state index in [4.69, 9.17) is 4.74 Å². The van der Waals surface area contributed by atoms with Crippen LogP contribution in [-0.4, -0.2) is 34.5 Å². The predicted molar refractivity (Wildman–Crippen MR) is 93.3 cm³/mol. The van der Waals surface area contributed by atoms with E-state index >= 15 is 0 Å². The topological polar surface area (TPSA) is 89.8 Å². The Morgan fingerprint density at radius 3 is 2.81 bits per heavy atom. The number of hydrogen-bond donors (Lipinski definition) is 2. The van der Waals surface area contributed by atoms with E-state index in [2.05, 4.69) is 19.1 Å². The Morgan fingerprint density at radius 2 is 2.12 bits per heavy atom. The summed E-state index contributed by atoms with van der Waals surface area (Å²) in [6.07, 6.45) is 12.5. The van der Waals surface area contributed by atoms with E-state index < -0.39 is 12.1 Å². The molecule has 0 aromatic carbocycles. The van der Waals surface area contributed by atoms with Crippen LogP contribution >= 0.6 is 0 Å². The van der Waals surface area contributed by atoms with Crippen molar-refractivity contribution in [3.8, 4) is 0 Å². The van der Waals surface area contributed by atoms with Crippen LogP contribution in [0.4, 0.5) is 0 Å². The summed E-state index contributed by atoms with van der Waals surface area (Å²) in [5.74, 6) is -0.154. The average molecular weight is 374 g/mol. The molecule has 0 radical (unpaired) electrons. The summed E-state index contributed by atoms with van der Waals surface area (Å²) >= 11 is 0. The normalized spacial score (nSPS) is 30.2. The van der Waals surface area contributed by atoms with Gasteiger partial charge >= 0.3 is 29.6 Å². The molecule has 1 saturated carbocycles. The summed E-state index contributed by atoms with van der Waals surface area (Å²) in [6, 6.07) is 0. The van der Waals surface area contributed by atoms with Gasteiger partial charge < -0.3 is 24.9 Å². The zero-order chi connectivity index (χ0) is 18.2. The number of rotatable bonds is 10. The fourth-order valence-corrected chi connectivity index (χ4v) is 3.85. The van der Waals surface area contributed by atoms with Gasteiger partial charge in [-0.2, -0.15) is 0 Å². The summed E-state index contributed by atoms with van der Waals surface area (Å²) < 4.78 is 5.91. The van der Waals surface area contributed by atoms with E-state index in [1.165, 1.54) is 25.7 Å². The smallest absolute Gasteiger partial charge is 0.547 e. The Morgan fingerprint density at radius 1 is 1.35 bits per heavy atom. The Labute approximate surface area is 178 Å². The van der Waals surface area contributed by atoms with Gasteiger partial charge in [0, 0.05) is 24.7 Å². The van der Waals surface area contributed by atoms with Crippen LogP contribution in [0.5, 0.6) is 0 Å². The van der Waals surface area contributed by atoms with Gasteiger partial charge in [-0.25, -0.2) is 0 Å². The molecule has 26 heavy (non-hydrogen) atoms. The average Bonchev–Trinajstić information content (AvgIpc) is 3.08. The van der Waals surface area contributed by atoms with Crippen molar-refractivity contribution in [1.29, 1.82) is 0 Å². The van der Waals surface area contributed by atoms with Crippen LogP contribution in [0, 0.1) is 11.8 Å². The van der Waals surface area contributed by atoms with E-state index in [0.29, 0.717) is 18.8 Å². The van der Waals surface area contributed by atoms with Gasteiger partial charge in [0.2, 0.25) is 0 Å². The van der Waals surface area contributed by atoms with E-state index in [0.717, 1.165) is 18.6 Å². The third kappa shape index (κ3) is 7.01. The van der Waals surface area contributed by atoms with Crippen molar-refractivity contribution in [1.82, 2.24) is 0 Å². The molecular weight excluding hydrogens is 343 g/mol. The molecule has 2 aliphatic rings. The quantitative estimate of drug-likeness (QED) is 0.293. The first-order valence-corrected chi connectivity index (χ1v) is 9.62. The van der Waals surface area contributed by atoms with E-state index in [1.54, 1.807) is 0 Å². The first-order chi connectivity index (χ1) is 12.0. The fraction of sp³-hybridized carbons (Fsp3) is 0.750. The number of carbonyl (C=O) groups excluding carboxylic acids is 1. The largest absolute Gasteiger partial charge is 1.00 e. The minimum Gasteiger partial charge on any atom is -0.547 e. The van der Waals surface area contributed by atoms with E-state index in [9.17, 15) is 20.1 Å². The molecule has 1 heterocycles. The van der Waals surface area contributed by atoms with Gasteiger partial charge in [-0.3, -0.25) is 0 Å². The third-order valence-electron chi connectivity index (χ3n) is 5.30. The molecule has 142 valence electrons. The SMILES string of the molecule is CCCCCCC=CC1C(O)CC2OC(=CCCC(O)C(=O)[O-])CC21.[Na+]. The minimum atomic E-state index is -1.44. The number of aliphatic hydroxyl groups excluding tert-OH is 2. The number of carboxylic acids is 1. The van der Waals surface area contributed by atoms with Crippen LogP contribution < -0.4 is 34.7 Å². The Hall–Kier alpha value is -0.330. The van der Waals surface area contributed by atoms with Gasteiger partial charge in [0.05, 0.1) is 23.9 Å². The number of allylic oxidation sites excluding steroid dienone is 3. The van der Waals surface area contributed by atoms with Crippen molar-refractivity contribution in [2.45, 2.75) is 83.0 Å². The monoisotopic (exact) mass is 374 g/mol. The number of aliphatic carboxylic acids is 1. The molecule has 0 bridgehead atoms. The van der Waals surface area contributed by atoms with E-state index in [-0.39, 0.29) is 54.1 Å². The fourth-order valence-electron chi connectivity index (χ4n) is 3.85. The summed E-state index contributed by atoms with van der Waals surface area (Å²) in [5.41, 5.74) is 0. The molecule has 6 heteroatoms. The van der Waals surface area contributed by atoms with Gasteiger partial charge in [0.25, 0.3) is 0 Å². The molecular formula is C20H31NaO5. The summed E-state index contributed by atoms with van der Waals surface area (Å²) in [6.45, 7) is 2.20. The van der Waals surface area contributed by atoms with Crippen molar-refractivity contribution in [2.24, 2.45) is 11.8 Å². The molecule has 1 aliphatic heterocycles. The molecule has 0 aromatic rings. The molecule has 0 spiro atoms. The van der Waals surface area contributed by atoms with Gasteiger partial charge in [0.1, 0.15) is 6.10 Å². The third-order valence-corrected chi connectivity index (χ3v) is 5.30. The van der Waals surface area contributed by atoms with Crippen molar-refractivity contribution >= 4 is 5.97 Å². The molecule has 1 aliphatic carbocycles. The van der Waals surface area contributed by atoms with Crippen molar-refractivity contribution in [2.75, 3.05) is 0 Å². The minimum absolute atomic E-state index is 0. The second kappa shape index (κ2) is 12.2. The number of aliphatic hydroxyl groups is 2. The number of carbonyl (C=O) groups is 1. The molecule has 0 aromatic heterocycles. The number of ether oxygens (including phenoxy) is 1. The number of unbranched alkanes of at least 4 members (excludes halogenated alkanes) is 4. The predicted octanol–water partition coefficient (Wildman–Crippen LogP) is -0.922. The first kappa shape index (κ1) is 23.7. The molecule has 2 rings (SSSR count). The number of hydrogen-bond acceptors (Lipinski definition) is 5. The molecule has 0 amide bonds. The maximum Gasteiger partial charge on any atom is 1.00 e. The van der Waals surface area contributed by atoms with Gasteiger partial charge in [0.15, 0.2) is 0 Å². The summed E-state index contributed by atoms with van der Waals surface area (Å²) in [5, 5.41) is 30.0. The molecule has 5 unspecified atom stereocenters. The summed E-state index contributed by atoms with van der Waals surface area (Å²) in [7, 11) is 0. The van der Waals surface area contributed by atoms with Crippen LogP contribution in [0.3, 0.4) is 0 Å². The van der Waals surface area contributed by atoms with Crippen molar-refractivity contribution in [3.05, 3.63) is 24.0 Å². The Balaban J connectivity index is 0.00000338. The van der Waals surface area contributed by atoms with Crippen LogP contribution in [0.1, 0.15) is 64.7 Å². The number of carboxylic acid groups (broad SMARTS) is 1. The van der Waals surface area contributed by atoms with Gasteiger partial charge in [-0.1, -0.05) is 38.3 Å². The van der Waals surface area contributed by atoms with Crippen molar-refractivity contribution in [3.63, 3.8) is 0 Å². The van der Waals surface area contributed by atoms with Crippen LogP contribution in [0.25, 0.3) is 0 Å². The summed E-state index contributed by atoms with van der Waals surface area (Å²) in [4.78, 5) is 10.5. The Bertz CT molecular complexity index is 491. The van der Waals surface area contributed by atoms with E-state index in [1.807, 2.05) is 6.08 Å². The number of fused-ring (bicyclic) bond motifs is 1. The Kier molecular flexibility index (Phi) is 11.1. The van der Waals surface area contributed by atoms with Crippen molar-refractivity contribution < 1.29 is 54.4 Å².